The normalized spacial score (nSPS) is 17.2. The maximum Gasteiger partial charge on any atom is 0.271 e. The van der Waals surface area contributed by atoms with Crippen LogP contribution in [0.5, 0.6) is 5.75 Å². The van der Waals surface area contributed by atoms with Crippen LogP contribution in [-0.2, 0) is 4.79 Å². The fraction of sp³-hybridized carbons (Fsp3) is 0.500. The largest absolute Gasteiger partial charge is 0.495 e. The number of nitro benzene ring substituents is 1. The molecule has 1 amide bonds. The summed E-state index contributed by atoms with van der Waals surface area (Å²) in [6.45, 7) is 1.78. The Balaban J connectivity index is 1.49. The van der Waals surface area contributed by atoms with Gasteiger partial charge in [0.1, 0.15) is 11.6 Å². The molecule has 2 aliphatic rings. The highest BCUT2D eigenvalue weighted by molar-refractivity contribution is 8.00. The van der Waals surface area contributed by atoms with Crippen LogP contribution < -0.4 is 10.1 Å². The van der Waals surface area contributed by atoms with Crippen molar-refractivity contribution in [1.29, 1.82) is 0 Å². The number of nitrogens with one attached hydrogen (secondary N) is 1. The number of thioether (sulfide) groups is 1. The third-order valence-corrected chi connectivity index (χ3v) is 5.91. The zero-order chi connectivity index (χ0) is 19.8. The van der Waals surface area contributed by atoms with E-state index in [2.05, 4.69) is 20.1 Å². The van der Waals surface area contributed by atoms with Crippen LogP contribution >= 0.6 is 11.8 Å². The third kappa shape index (κ3) is 3.82. The first-order valence-electron chi connectivity index (χ1n) is 9.22. The summed E-state index contributed by atoms with van der Waals surface area (Å²) in [6, 6.07) is 4.55. The summed E-state index contributed by atoms with van der Waals surface area (Å²) in [4.78, 5) is 23.2. The molecule has 1 aromatic heterocycles. The molecule has 148 valence electrons. The molecule has 2 aromatic rings. The topological polar surface area (TPSA) is 112 Å². The summed E-state index contributed by atoms with van der Waals surface area (Å²) in [7, 11) is 1.45. The number of carbonyl (C=O) groups is 1. The molecule has 2 aliphatic carbocycles. The van der Waals surface area contributed by atoms with Crippen molar-refractivity contribution in [2.24, 2.45) is 0 Å². The second-order valence-corrected chi connectivity index (χ2v) is 8.42. The second-order valence-electron chi connectivity index (χ2n) is 7.11. The zero-order valence-electron chi connectivity index (χ0n) is 15.6. The molecular formula is C18H21N5O4S. The molecule has 1 aromatic carbocycles. The van der Waals surface area contributed by atoms with Gasteiger partial charge in [-0.15, -0.1) is 10.2 Å². The average Bonchev–Trinajstić information content (AvgIpc) is 3.60. The smallest absolute Gasteiger partial charge is 0.271 e. The van der Waals surface area contributed by atoms with Gasteiger partial charge in [-0.05, 0) is 38.7 Å². The number of non-ortho nitro benzene ring substituents is 1. The molecule has 0 bridgehead atoms. The minimum Gasteiger partial charge on any atom is -0.495 e. The Kier molecular flexibility index (Phi) is 4.96. The van der Waals surface area contributed by atoms with Crippen molar-refractivity contribution in [3.8, 4) is 5.75 Å². The minimum absolute atomic E-state index is 0.112. The number of aromatic nitrogens is 3. The molecule has 1 N–H and O–H groups in total. The summed E-state index contributed by atoms with van der Waals surface area (Å²) >= 11 is 1.36. The summed E-state index contributed by atoms with van der Waals surface area (Å²) < 4.78 is 7.40. The van der Waals surface area contributed by atoms with Crippen LogP contribution in [0.3, 0.4) is 0 Å². The quantitative estimate of drug-likeness (QED) is 0.407. The van der Waals surface area contributed by atoms with Gasteiger partial charge in [0.25, 0.3) is 5.69 Å². The number of benzene rings is 1. The standard InChI is InChI=1S/C18H21N5O4S/c1-10(17(24)19-14-9-13(23(25)26)7-8-15(14)27-2)28-18-21-20-16(11-3-4-11)22(18)12-5-6-12/h7-12H,3-6H2,1-2H3,(H,19,24). The lowest BCUT2D eigenvalue weighted by Crippen LogP contribution is -2.23. The van der Waals surface area contributed by atoms with Crippen LogP contribution in [0.25, 0.3) is 0 Å². The van der Waals surface area contributed by atoms with E-state index in [1.54, 1.807) is 6.92 Å². The predicted molar refractivity (Wildman–Crippen MR) is 104 cm³/mol. The van der Waals surface area contributed by atoms with Gasteiger partial charge in [-0.25, -0.2) is 0 Å². The van der Waals surface area contributed by atoms with E-state index in [0.29, 0.717) is 17.7 Å². The molecule has 0 spiro atoms. The van der Waals surface area contributed by atoms with E-state index < -0.39 is 10.2 Å². The number of anilines is 1. The maximum atomic E-state index is 12.7. The van der Waals surface area contributed by atoms with Gasteiger partial charge >= 0.3 is 0 Å². The highest BCUT2D eigenvalue weighted by atomic mass is 32.2. The fourth-order valence-corrected chi connectivity index (χ4v) is 3.94. The van der Waals surface area contributed by atoms with Crippen molar-refractivity contribution < 1.29 is 14.5 Å². The van der Waals surface area contributed by atoms with Gasteiger partial charge in [0.05, 0.1) is 23.0 Å². The lowest BCUT2D eigenvalue weighted by Gasteiger charge is -2.14. The van der Waals surface area contributed by atoms with Gasteiger partial charge in [0.2, 0.25) is 5.91 Å². The lowest BCUT2D eigenvalue weighted by molar-refractivity contribution is -0.384. The van der Waals surface area contributed by atoms with E-state index in [-0.39, 0.29) is 17.3 Å². The van der Waals surface area contributed by atoms with Gasteiger partial charge in [-0.2, -0.15) is 0 Å². The lowest BCUT2D eigenvalue weighted by atomic mass is 10.2. The predicted octanol–water partition coefficient (Wildman–Crippen LogP) is 3.53. The number of carbonyl (C=O) groups excluding carboxylic acids is 1. The molecule has 1 atom stereocenters. The second kappa shape index (κ2) is 7.42. The van der Waals surface area contributed by atoms with Crippen molar-refractivity contribution in [3.05, 3.63) is 34.1 Å². The first kappa shape index (κ1) is 18.7. The number of amides is 1. The molecule has 4 rings (SSSR count). The van der Waals surface area contributed by atoms with Crippen LogP contribution in [0.15, 0.2) is 23.4 Å². The molecule has 10 heteroatoms. The van der Waals surface area contributed by atoms with Gasteiger partial charge in [-0.1, -0.05) is 11.8 Å². The number of nitrogens with zero attached hydrogens (tertiary/aromatic N) is 4. The van der Waals surface area contributed by atoms with Crippen LogP contribution in [0.1, 0.15) is 50.4 Å². The van der Waals surface area contributed by atoms with E-state index in [9.17, 15) is 14.9 Å². The Bertz CT molecular complexity index is 923. The number of rotatable bonds is 8. The average molecular weight is 403 g/mol. The summed E-state index contributed by atoms with van der Waals surface area (Å²) in [5.74, 6) is 1.63. The summed E-state index contributed by atoms with van der Waals surface area (Å²) in [6.07, 6.45) is 4.55. The molecule has 0 aliphatic heterocycles. The van der Waals surface area contributed by atoms with Crippen LogP contribution in [-0.4, -0.2) is 38.0 Å². The van der Waals surface area contributed by atoms with Crippen molar-refractivity contribution in [2.75, 3.05) is 12.4 Å². The van der Waals surface area contributed by atoms with E-state index in [1.165, 1.54) is 37.1 Å². The number of nitro groups is 1. The number of methoxy groups -OCH3 is 1. The SMILES string of the molecule is COc1ccc([N+](=O)[O-])cc1NC(=O)C(C)Sc1nnc(C2CC2)n1C1CC1. The van der Waals surface area contributed by atoms with Crippen molar-refractivity contribution >= 4 is 29.0 Å². The number of ether oxygens (including phenoxy) is 1. The van der Waals surface area contributed by atoms with Crippen LogP contribution in [0.4, 0.5) is 11.4 Å². The Morgan fingerprint density at radius 3 is 2.71 bits per heavy atom. The Hall–Kier alpha value is -2.62. The van der Waals surface area contributed by atoms with Gasteiger partial charge in [0.15, 0.2) is 5.16 Å². The van der Waals surface area contributed by atoms with Gasteiger partial charge in [0, 0.05) is 24.1 Å². The third-order valence-electron chi connectivity index (χ3n) is 4.85. The van der Waals surface area contributed by atoms with E-state index >= 15 is 0 Å². The zero-order valence-corrected chi connectivity index (χ0v) is 16.4. The molecule has 1 unspecified atom stereocenters. The molecule has 1 heterocycles. The highest BCUT2D eigenvalue weighted by Gasteiger charge is 2.37. The van der Waals surface area contributed by atoms with Crippen molar-refractivity contribution in [1.82, 2.24) is 14.8 Å². The van der Waals surface area contributed by atoms with Gasteiger partial charge in [-0.3, -0.25) is 14.9 Å². The maximum absolute atomic E-state index is 12.7. The number of hydrogen-bond donors (Lipinski definition) is 1. The molecule has 0 saturated heterocycles. The molecule has 28 heavy (non-hydrogen) atoms. The van der Waals surface area contributed by atoms with E-state index in [0.717, 1.165) is 36.7 Å². The molecule has 0 radical (unpaired) electrons. The first-order valence-corrected chi connectivity index (χ1v) is 10.1. The molecular weight excluding hydrogens is 382 g/mol. The molecule has 2 fully saturated rings. The van der Waals surface area contributed by atoms with Crippen LogP contribution in [0, 0.1) is 10.1 Å². The van der Waals surface area contributed by atoms with E-state index in [4.69, 9.17) is 4.74 Å². The van der Waals surface area contributed by atoms with E-state index in [1.807, 2.05) is 0 Å². The Morgan fingerprint density at radius 2 is 2.11 bits per heavy atom. The van der Waals surface area contributed by atoms with Crippen molar-refractivity contribution in [3.63, 3.8) is 0 Å². The first-order chi connectivity index (χ1) is 13.5. The van der Waals surface area contributed by atoms with Gasteiger partial charge < -0.3 is 14.6 Å². The monoisotopic (exact) mass is 403 g/mol. The summed E-state index contributed by atoms with van der Waals surface area (Å²) in [5.41, 5.74) is 0.162. The fourth-order valence-electron chi connectivity index (χ4n) is 3.02. The van der Waals surface area contributed by atoms with Crippen LogP contribution in [0.2, 0.25) is 0 Å². The number of hydrogen-bond acceptors (Lipinski definition) is 7. The Morgan fingerprint density at radius 1 is 1.36 bits per heavy atom. The summed E-state index contributed by atoms with van der Waals surface area (Å²) in [5, 5.41) is 22.7. The highest BCUT2D eigenvalue weighted by Crippen LogP contribution is 2.46. The minimum atomic E-state index is -0.509. The Labute approximate surface area is 166 Å². The molecule has 2 saturated carbocycles. The van der Waals surface area contributed by atoms with Crippen molar-refractivity contribution in [2.45, 2.75) is 55.0 Å². The molecule has 9 nitrogen and oxygen atoms in total.